The van der Waals surface area contributed by atoms with Crippen molar-refractivity contribution >= 4 is 5.91 Å². The second-order valence-corrected chi connectivity index (χ2v) is 6.32. The summed E-state index contributed by atoms with van der Waals surface area (Å²) < 4.78 is 43.2. The molecular weight excluding hydrogens is 307 g/mol. The van der Waals surface area contributed by atoms with Crippen molar-refractivity contribution in [3.05, 3.63) is 29.8 Å². The standard InChI is InChI=1S/C17H20F3NO2/c18-17(19,20)8-9-21(11-12-5-6-12)16(22)14-7-10-23-15-4-2-1-3-13(14)15/h1-4,12,14H,5-11H2. The van der Waals surface area contributed by atoms with Crippen LogP contribution in [0.4, 0.5) is 13.2 Å². The van der Waals surface area contributed by atoms with Crippen molar-refractivity contribution in [1.82, 2.24) is 4.90 Å². The lowest BCUT2D eigenvalue weighted by molar-refractivity contribution is -0.146. The predicted octanol–water partition coefficient (Wildman–Crippen LogP) is 3.74. The smallest absolute Gasteiger partial charge is 0.390 e. The van der Waals surface area contributed by atoms with Gasteiger partial charge in [0.15, 0.2) is 0 Å². The SMILES string of the molecule is O=C(C1CCOc2ccccc21)N(CCC(F)(F)F)CC1CC1. The highest BCUT2D eigenvalue weighted by Crippen LogP contribution is 2.36. The van der Waals surface area contributed by atoms with E-state index in [2.05, 4.69) is 0 Å². The first-order valence-corrected chi connectivity index (χ1v) is 8.01. The van der Waals surface area contributed by atoms with Gasteiger partial charge in [-0.3, -0.25) is 4.79 Å². The average Bonchev–Trinajstić information content (AvgIpc) is 3.33. The Labute approximate surface area is 133 Å². The molecule has 3 nitrogen and oxygen atoms in total. The number of benzene rings is 1. The van der Waals surface area contributed by atoms with Gasteiger partial charge < -0.3 is 9.64 Å². The summed E-state index contributed by atoms with van der Waals surface area (Å²) in [6.45, 7) is 0.608. The van der Waals surface area contributed by atoms with E-state index in [9.17, 15) is 18.0 Å². The lowest BCUT2D eigenvalue weighted by Gasteiger charge is -2.31. The van der Waals surface area contributed by atoms with E-state index in [-0.39, 0.29) is 12.5 Å². The molecule has 126 valence electrons. The Morgan fingerprint density at radius 1 is 1.22 bits per heavy atom. The normalized spacial score (nSPS) is 20.6. The van der Waals surface area contributed by atoms with Crippen LogP contribution in [0.3, 0.4) is 0 Å². The van der Waals surface area contributed by atoms with Crippen LogP contribution in [-0.4, -0.2) is 36.7 Å². The minimum absolute atomic E-state index is 0.197. The molecule has 1 fully saturated rings. The number of fused-ring (bicyclic) bond motifs is 1. The van der Waals surface area contributed by atoms with E-state index in [1.54, 1.807) is 6.07 Å². The van der Waals surface area contributed by atoms with Crippen LogP contribution in [0.5, 0.6) is 5.75 Å². The number of rotatable bonds is 5. The first-order valence-electron chi connectivity index (χ1n) is 8.01. The summed E-state index contributed by atoms with van der Waals surface area (Å²) in [7, 11) is 0. The molecule has 1 aliphatic heterocycles. The van der Waals surface area contributed by atoms with Crippen LogP contribution in [0.1, 0.15) is 37.2 Å². The Bertz CT molecular complexity index is 569. The summed E-state index contributed by atoms with van der Waals surface area (Å²) >= 11 is 0. The summed E-state index contributed by atoms with van der Waals surface area (Å²) in [4.78, 5) is 14.3. The van der Waals surface area contributed by atoms with Gasteiger partial charge in [-0.1, -0.05) is 18.2 Å². The van der Waals surface area contributed by atoms with Crippen LogP contribution in [0.25, 0.3) is 0 Å². The molecule has 0 bridgehead atoms. The van der Waals surface area contributed by atoms with Crippen molar-refractivity contribution in [3.63, 3.8) is 0 Å². The predicted molar refractivity (Wildman–Crippen MR) is 79.3 cm³/mol. The van der Waals surface area contributed by atoms with Crippen molar-refractivity contribution in [2.24, 2.45) is 5.92 Å². The van der Waals surface area contributed by atoms with E-state index in [0.29, 0.717) is 31.2 Å². The highest BCUT2D eigenvalue weighted by molar-refractivity contribution is 5.85. The maximum absolute atomic E-state index is 12.8. The minimum Gasteiger partial charge on any atom is -0.493 e. The van der Waals surface area contributed by atoms with Crippen LogP contribution in [0.15, 0.2) is 24.3 Å². The molecule has 0 N–H and O–H groups in total. The number of carbonyl (C=O) groups is 1. The monoisotopic (exact) mass is 327 g/mol. The Kier molecular flexibility index (Phi) is 4.50. The molecule has 0 radical (unpaired) electrons. The van der Waals surface area contributed by atoms with Crippen LogP contribution >= 0.6 is 0 Å². The Hall–Kier alpha value is -1.72. The van der Waals surface area contributed by atoms with Gasteiger partial charge in [0.05, 0.1) is 18.9 Å². The van der Waals surface area contributed by atoms with E-state index >= 15 is 0 Å². The molecule has 1 aromatic rings. The van der Waals surface area contributed by atoms with Crippen LogP contribution in [-0.2, 0) is 4.79 Å². The highest BCUT2D eigenvalue weighted by atomic mass is 19.4. The Morgan fingerprint density at radius 3 is 2.65 bits per heavy atom. The fourth-order valence-corrected chi connectivity index (χ4v) is 2.98. The number of carbonyl (C=O) groups excluding carboxylic acids is 1. The van der Waals surface area contributed by atoms with Crippen LogP contribution in [0, 0.1) is 5.92 Å². The van der Waals surface area contributed by atoms with E-state index < -0.39 is 18.5 Å². The van der Waals surface area contributed by atoms with E-state index in [4.69, 9.17) is 4.74 Å². The van der Waals surface area contributed by atoms with Gasteiger partial charge in [-0.2, -0.15) is 13.2 Å². The first kappa shape index (κ1) is 16.1. The van der Waals surface area contributed by atoms with Gasteiger partial charge >= 0.3 is 6.18 Å². The number of nitrogens with zero attached hydrogens (tertiary/aromatic N) is 1. The maximum Gasteiger partial charge on any atom is 0.390 e. The molecule has 1 amide bonds. The lowest BCUT2D eigenvalue weighted by Crippen LogP contribution is -2.40. The maximum atomic E-state index is 12.8. The zero-order chi connectivity index (χ0) is 16.4. The number of amides is 1. The minimum atomic E-state index is -4.24. The fraction of sp³-hybridized carbons (Fsp3) is 0.588. The highest BCUT2D eigenvalue weighted by Gasteiger charge is 2.36. The van der Waals surface area contributed by atoms with E-state index in [1.807, 2.05) is 18.2 Å². The summed E-state index contributed by atoms with van der Waals surface area (Å²) in [5.41, 5.74) is 0.788. The second-order valence-electron chi connectivity index (χ2n) is 6.32. The number of alkyl halides is 3. The molecule has 1 atom stereocenters. The average molecular weight is 327 g/mol. The largest absolute Gasteiger partial charge is 0.493 e. The lowest BCUT2D eigenvalue weighted by atomic mass is 9.91. The van der Waals surface area contributed by atoms with Crippen molar-refractivity contribution in [2.45, 2.75) is 37.8 Å². The topological polar surface area (TPSA) is 29.5 Å². The van der Waals surface area contributed by atoms with Crippen molar-refractivity contribution < 1.29 is 22.7 Å². The summed E-state index contributed by atoms with van der Waals surface area (Å²) in [5.74, 6) is 0.436. The Balaban J connectivity index is 1.75. The molecule has 1 heterocycles. The molecule has 2 aliphatic rings. The van der Waals surface area contributed by atoms with Gasteiger partial charge in [-0.15, -0.1) is 0 Å². The van der Waals surface area contributed by atoms with Gasteiger partial charge in [0.2, 0.25) is 5.91 Å². The number of hydrogen-bond acceptors (Lipinski definition) is 2. The Morgan fingerprint density at radius 2 is 1.96 bits per heavy atom. The van der Waals surface area contributed by atoms with Crippen molar-refractivity contribution in [3.8, 4) is 5.75 Å². The number of halogens is 3. The number of hydrogen-bond donors (Lipinski definition) is 0. The summed E-state index contributed by atoms with van der Waals surface area (Å²) in [5, 5.41) is 0. The van der Waals surface area contributed by atoms with E-state index in [0.717, 1.165) is 18.4 Å². The summed E-state index contributed by atoms with van der Waals surface area (Å²) in [6, 6.07) is 7.29. The molecule has 6 heteroatoms. The third-order valence-corrected chi connectivity index (χ3v) is 4.41. The molecule has 0 spiro atoms. The van der Waals surface area contributed by atoms with Gasteiger partial charge in [0.1, 0.15) is 5.75 Å². The molecule has 0 aromatic heterocycles. The van der Waals surface area contributed by atoms with Crippen LogP contribution < -0.4 is 4.74 Å². The molecule has 0 saturated heterocycles. The molecular formula is C17H20F3NO2. The number of para-hydroxylation sites is 1. The van der Waals surface area contributed by atoms with E-state index in [1.165, 1.54) is 4.90 Å². The fourth-order valence-electron chi connectivity index (χ4n) is 2.98. The van der Waals surface area contributed by atoms with Gasteiger partial charge in [-0.05, 0) is 31.2 Å². The zero-order valence-corrected chi connectivity index (χ0v) is 12.8. The zero-order valence-electron chi connectivity index (χ0n) is 12.8. The quantitative estimate of drug-likeness (QED) is 0.824. The molecule has 1 saturated carbocycles. The van der Waals surface area contributed by atoms with Gasteiger partial charge in [0, 0.05) is 18.7 Å². The second kappa shape index (κ2) is 6.42. The van der Waals surface area contributed by atoms with Gasteiger partial charge in [0.25, 0.3) is 0 Å². The van der Waals surface area contributed by atoms with Gasteiger partial charge in [-0.25, -0.2) is 0 Å². The molecule has 1 aromatic carbocycles. The third kappa shape index (κ3) is 4.18. The van der Waals surface area contributed by atoms with Crippen LogP contribution in [0.2, 0.25) is 0 Å². The van der Waals surface area contributed by atoms with Crippen molar-refractivity contribution in [2.75, 3.05) is 19.7 Å². The first-order chi connectivity index (χ1) is 10.9. The van der Waals surface area contributed by atoms with Crippen molar-refractivity contribution in [1.29, 1.82) is 0 Å². The summed E-state index contributed by atoms with van der Waals surface area (Å²) in [6.07, 6.45) is -2.67. The molecule has 3 rings (SSSR count). The molecule has 1 aliphatic carbocycles. The molecule has 23 heavy (non-hydrogen) atoms. The number of ether oxygens (including phenoxy) is 1. The molecule has 1 unspecified atom stereocenters. The third-order valence-electron chi connectivity index (χ3n) is 4.41.